The summed E-state index contributed by atoms with van der Waals surface area (Å²) in [5.41, 5.74) is 6.38. The predicted octanol–water partition coefficient (Wildman–Crippen LogP) is 0.952. The van der Waals surface area contributed by atoms with Gasteiger partial charge in [-0.05, 0) is 18.6 Å². The molecule has 0 aromatic carbocycles. The highest BCUT2D eigenvalue weighted by molar-refractivity contribution is 7.80. The van der Waals surface area contributed by atoms with Crippen molar-refractivity contribution in [1.82, 2.24) is 5.32 Å². The van der Waals surface area contributed by atoms with Crippen LogP contribution in [-0.4, -0.2) is 11.5 Å². The zero-order chi connectivity index (χ0) is 7.98. The van der Waals surface area contributed by atoms with E-state index >= 15 is 0 Å². The molecule has 0 aliphatic rings. The maximum Gasteiger partial charge on any atom is 0.102 e. The second kappa shape index (κ2) is 5.14. The summed E-state index contributed by atoms with van der Waals surface area (Å²) in [5.74, 6) is 0. The van der Waals surface area contributed by atoms with E-state index in [2.05, 4.69) is 11.9 Å². The first-order chi connectivity index (χ1) is 4.70. The van der Waals surface area contributed by atoms with Crippen LogP contribution in [0, 0.1) is 0 Å². The maximum atomic E-state index is 5.32. The van der Waals surface area contributed by atoms with Crippen molar-refractivity contribution in [2.75, 3.05) is 6.54 Å². The van der Waals surface area contributed by atoms with E-state index < -0.39 is 0 Å². The van der Waals surface area contributed by atoms with Crippen LogP contribution in [0.1, 0.15) is 6.92 Å². The van der Waals surface area contributed by atoms with Crippen LogP contribution in [-0.2, 0) is 0 Å². The van der Waals surface area contributed by atoms with Crippen LogP contribution in [0.3, 0.4) is 0 Å². The molecule has 3 heteroatoms. The summed E-state index contributed by atoms with van der Waals surface area (Å²) in [6.07, 6.45) is 3.36. The molecule has 0 radical (unpaired) electrons. The first kappa shape index (κ1) is 9.33. The molecule has 2 nitrogen and oxygen atoms in total. The molecule has 0 aromatic heterocycles. The lowest BCUT2D eigenvalue weighted by Gasteiger charge is -1.97. The van der Waals surface area contributed by atoms with Gasteiger partial charge in [-0.1, -0.05) is 18.8 Å². The fraction of sp³-hybridized carbons (Fsp3) is 0.286. The summed E-state index contributed by atoms with van der Waals surface area (Å²) in [4.78, 5) is 0.618. The molecule has 3 N–H and O–H groups in total. The average molecular weight is 156 g/mol. The molecular formula is C7H12N2S. The quantitative estimate of drug-likeness (QED) is 0.472. The topological polar surface area (TPSA) is 38.0 Å². The lowest BCUT2D eigenvalue weighted by molar-refractivity contribution is 1.10. The van der Waals surface area contributed by atoms with Crippen LogP contribution >= 0.6 is 12.2 Å². The van der Waals surface area contributed by atoms with Crippen molar-refractivity contribution in [2.45, 2.75) is 6.92 Å². The van der Waals surface area contributed by atoms with Gasteiger partial charge in [0.1, 0.15) is 4.99 Å². The van der Waals surface area contributed by atoms with Gasteiger partial charge in [0.25, 0.3) is 0 Å². The van der Waals surface area contributed by atoms with E-state index in [0.717, 1.165) is 5.57 Å². The van der Waals surface area contributed by atoms with Gasteiger partial charge in [-0.2, -0.15) is 0 Å². The van der Waals surface area contributed by atoms with Crippen LogP contribution in [0.15, 0.2) is 24.4 Å². The molecule has 10 heavy (non-hydrogen) atoms. The molecule has 0 aliphatic heterocycles. The molecule has 0 atom stereocenters. The maximum absolute atomic E-state index is 5.32. The lowest BCUT2D eigenvalue weighted by Crippen LogP contribution is -2.13. The Kier molecular flexibility index (Phi) is 4.80. The Morgan fingerprint density at radius 3 is 2.80 bits per heavy atom. The highest BCUT2D eigenvalue weighted by Gasteiger charge is 1.84. The van der Waals surface area contributed by atoms with E-state index in [1.54, 1.807) is 12.3 Å². The van der Waals surface area contributed by atoms with Gasteiger partial charge in [-0.25, -0.2) is 0 Å². The van der Waals surface area contributed by atoms with Gasteiger partial charge in [0, 0.05) is 12.7 Å². The molecule has 0 rings (SSSR count). The second-order valence-electron chi connectivity index (χ2n) is 1.91. The molecular weight excluding hydrogens is 144 g/mol. The number of nitrogens with two attached hydrogens (primary N) is 1. The highest BCUT2D eigenvalue weighted by atomic mass is 32.1. The van der Waals surface area contributed by atoms with Crippen LogP contribution in [0.2, 0.25) is 0 Å². The Labute approximate surface area is 66.8 Å². The minimum atomic E-state index is 0.548. The summed E-state index contributed by atoms with van der Waals surface area (Å²) in [6, 6.07) is 0. The fourth-order valence-electron chi connectivity index (χ4n) is 0.312. The van der Waals surface area contributed by atoms with E-state index in [-0.39, 0.29) is 0 Å². The van der Waals surface area contributed by atoms with Gasteiger partial charge >= 0.3 is 0 Å². The van der Waals surface area contributed by atoms with Crippen molar-refractivity contribution in [1.29, 1.82) is 0 Å². The van der Waals surface area contributed by atoms with Gasteiger partial charge in [0.05, 0.1) is 0 Å². The molecule has 0 saturated heterocycles. The fourth-order valence-corrected chi connectivity index (χ4v) is 0.371. The average Bonchev–Trinajstić information content (AvgIpc) is 1.99. The second-order valence-corrected chi connectivity index (χ2v) is 2.35. The molecule has 0 fully saturated rings. The van der Waals surface area contributed by atoms with E-state index in [0.29, 0.717) is 11.5 Å². The first-order valence-electron chi connectivity index (χ1n) is 2.99. The predicted molar refractivity (Wildman–Crippen MR) is 48.7 cm³/mol. The van der Waals surface area contributed by atoms with E-state index in [1.165, 1.54) is 0 Å². The Morgan fingerprint density at radius 1 is 1.80 bits per heavy atom. The summed E-state index contributed by atoms with van der Waals surface area (Å²) >= 11 is 4.81. The Hall–Kier alpha value is -0.670. The Morgan fingerprint density at radius 2 is 2.40 bits per heavy atom. The third kappa shape index (κ3) is 4.23. The van der Waals surface area contributed by atoms with E-state index in [9.17, 15) is 0 Å². The highest BCUT2D eigenvalue weighted by Crippen LogP contribution is 1.84. The van der Waals surface area contributed by atoms with Gasteiger partial charge in [-0.15, -0.1) is 0 Å². The van der Waals surface area contributed by atoms with Crippen molar-refractivity contribution in [3.05, 3.63) is 24.4 Å². The van der Waals surface area contributed by atoms with Crippen molar-refractivity contribution in [3.63, 3.8) is 0 Å². The van der Waals surface area contributed by atoms with Crippen LogP contribution in [0.5, 0.6) is 0 Å². The van der Waals surface area contributed by atoms with Gasteiger partial charge < -0.3 is 11.1 Å². The monoisotopic (exact) mass is 156 g/mol. The molecule has 0 amide bonds. The largest absolute Gasteiger partial charge is 0.353 e. The van der Waals surface area contributed by atoms with Crippen LogP contribution in [0.4, 0.5) is 0 Å². The third-order valence-electron chi connectivity index (χ3n) is 0.968. The molecule has 0 saturated carbocycles. The van der Waals surface area contributed by atoms with Crippen LogP contribution < -0.4 is 11.1 Å². The zero-order valence-electron chi connectivity index (χ0n) is 6.05. The number of hydrogen-bond acceptors (Lipinski definition) is 2. The Balaban J connectivity index is 3.71. The van der Waals surface area contributed by atoms with Crippen molar-refractivity contribution < 1.29 is 0 Å². The number of hydrogen-bond donors (Lipinski definition) is 2. The molecule has 0 aromatic rings. The number of thiocarbonyl (C=S) groups is 1. The molecule has 0 unspecified atom stereocenters. The standard InChI is InChI=1S/C7H12N2S/c1-3-7(10)9-5-6(2)4-8/h3,5H,1,4,8H2,2H3,(H,9,10)/b6-5+. The normalized spacial score (nSPS) is 10.8. The smallest absolute Gasteiger partial charge is 0.102 e. The van der Waals surface area contributed by atoms with Crippen molar-refractivity contribution in [2.24, 2.45) is 5.73 Å². The molecule has 0 aliphatic carbocycles. The summed E-state index contributed by atoms with van der Waals surface area (Å²) in [7, 11) is 0. The third-order valence-corrected chi connectivity index (χ3v) is 1.25. The summed E-state index contributed by atoms with van der Waals surface area (Å²) < 4.78 is 0. The lowest BCUT2D eigenvalue weighted by atomic mass is 10.3. The first-order valence-corrected chi connectivity index (χ1v) is 3.40. The summed E-state index contributed by atoms with van der Waals surface area (Å²) in [6.45, 7) is 5.98. The molecule has 0 heterocycles. The summed E-state index contributed by atoms with van der Waals surface area (Å²) in [5, 5.41) is 2.85. The molecule has 0 bridgehead atoms. The van der Waals surface area contributed by atoms with Gasteiger partial charge in [0.15, 0.2) is 0 Å². The van der Waals surface area contributed by atoms with Crippen molar-refractivity contribution >= 4 is 17.2 Å². The minimum Gasteiger partial charge on any atom is -0.353 e. The van der Waals surface area contributed by atoms with E-state index in [4.69, 9.17) is 18.0 Å². The van der Waals surface area contributed by atoms with Crippen molar-refractivity contribution in [3.8, 4) is 0 Å². The molecule has 0 spiro atoms. The minimum absolute atomic E-state index is 0.548. The van der Waals surface area contributed by atoms with Gasteiger partial charge in [0.2, 0.25) is 0 Å². The van der Waals surface area contributed by atoms with Gasteiger partial charge in [-0.3, -0.25) is 0 Å². The van der Waals surface area contributed by atoms with Crippen LogP contribution in [0.25, 0.3) is 0 Å². The van der Waals surface area contributed by atoms with E-state index in [1.807, 2.05) is 6.92 Å². The number of rotatable bonds is 3. The SMILES string of the molecule is C=CC(=S)N/C=C(\C)CN. The Bertz CT molecular complexity index is 161. The molecule has 56 valence electrons. The number of nitrogens with one attached hydrogen (secondary N) is 1. The zero-order valence-corrected chi connectivity index (χ0v) is 6.87.